The monoisotopic (exact) mass is 407 g/mol. The molecular formula is C23H29N5O2. The Morgan fingerprint density at radius 2 is 1.97 bits per heavy atom. The van der Waals surface area contributed by atoms with Crippen LogP contribution < -0.4 is 10.2 Å². The summed E-state index contributed by atoms with van der Waals surface area (Å²) in [5.41, 5.74) is 2.54. The maximum Gasteiger partial charge on any atom is 0.256 e. The number of methoxy groups -OCH3 is 1. The molecule has 2 aromatic heterocycles. The number of imidazole rings is 1. The predicted octanol–water partition coefficient (Wildman–Crippen LogP) is 3.89. The number of hydrogen-bond donors (Lipinski definition) is 1. The summed E-state index contributed by atoms with van der Waals surface area (Å²) in [6.07, 6.45) is 3.99. The van der Waals surface area contributed by atoms with Gasteiger partial charge in [0.1, 0.15) is 5.82 Å². The molecule has 0 bridgehead atoms. The second-order valence-electron chi connectivity index (χ2n) is 8.85. The maximum atomic E-state index is 12.6. The van der Waals surface area contributed by atoms with Gasteiger partial charge < -0.3 is 15.0 Å². The fourth-order valence-electron chi connectivity index (χ4n) is 3.90. The Hall–Kier alpha value is -2.93. The summed E-state index contributed by atoms with van der Waals surface area (Å²) in [7, 11) is 1.73. The molecule has 0 spiro atoms. The van der Waals surface area contributed by atoms with Gasteiger partial charge in [0.25, 0.3) is 5.91 Å². The van der Waals surface area contributed by atoms with Crippen LogP contribution in [0.3, 0.4) is 0 Å². The molecule has 1 fully saturated rings. The number of carbonyl (C=O) groups is 1. The van der Waals surface area contributed by atoms with Crippen molar-refractivity contribution in [3.05, 3.63) is 53.7 Å². The Balaban J connectivity index is 1.50. The minimum absolute atomic E-state index is 0.0532. The molecule has 1 amide bonds. The van der Waals surface area contributed by atoms with Crippen LogP contribution in [0.5, 0.6) is 0 Å². The van der Waals surface area contributed by atoms with Crippen LogP contribution >= 0.6 is 0 Å². The largest absolute Gasteiger partial charge is 0.383 e. The van der Waals surface area contributed by atoms with Crippen LogP contribution in [0, 0.1) is 0 Å². The molecular weight excluding hydrogens is 378 g/mol. The summed E-state index contributed by atoms with van der Waals surface area (Å²) in [6.45, 7) is 8.12. The van der Waals surface area contributed by atoms with Crippen LogP contribution in [0.1, 0.15) is 49.5 Å². The lowest BCUT2D eigenvalue weighted by Crippen LogP contribution is -2.33. The first-order chi connectivity index (χ1) is 14.3. The number of aromatic nitrogens is 3. The van der Waals surface area contributed by atoms with Crippen LogP contribution in [0.25, 0.3) is 5.65 Å². The first-order valence-corrected chi connectivity index (χ1v) is 10.4. The van der Waals surface area contributed by atoms with E-state index < -0.39 is 0 Å². The number of nitrogens with one attached hydrogen (secondary N) is 1. The molecule has 0 unspecified atom stereocenters. The SMILES string of the molecule is COC[C@@H]1CCCN1c1ccc2nc(NC(=O)c3ccc(C(C)(C)C)cc3)cn2n1. The summed E-state index contributed by atoms with van der Waals surface area (Å²) >= 11 is 0. The van der Waals surface area contributed by atoms with Gasteiger partial charge in [0, 0.05) is 19.2 Å². The zero-order valence-corrected chi connectivity index (χ0v) is 18.1. The van der Waals surface area contributed by atoms with Crippen molar-refractivity contribution in [3.8, 4) is 0 Å². The average molecular weight is 408 g/mol. The lowest BCUT2D eigenvalue weighted by molar-refractivity contribution is 0.102. The molecule has 3 aromatic rings. The van der Waals surface area contributed by atoms with Crippen molar-refractivity contribution < 1.29 is 9.53 Å². The van der Waals surface area contributed by atoms with E-state index >= 15 is 0 Å². The van der Waals surface area contributed by atoms with E-state index in [0.29, 0.717) is 29.7 Å². The van der Waals surface area contributed by atoms with Gasteiger partial charge in [-0.3, -0.25) is 4.79 Å². The van der Waals surface area contributed by atoms with E-state index in [1.807, 2.05) is 36.4 Å². The number of nitrogens with zero attached hydrogens (tertiary/aromatic N) is 4. The summed E-state index contributed by atoms with van der Waals surface area (Å²) in [5.74, 6) is 1.20. The van der Waals surface area contributed by atoms with E-state index in [1.54, 1.807) is 17.8 Å². The van der Waals surface area contributed by atoms with Gasteiger partial charge in [-0.15, -0.1) is 5.10 Å². The summed E-state index contributed by atoms with van der Waals surface area (Å²) < 4.78 is 7.06. The predicted molar refractivity (Wildman–Crippen MR) is 118 cm³/mol. The van der Waals surface area contributed by atoms with Crippen molar-refractivity contribution in [2.45, 2.75) is 45.1 Å². The lowest BCUT2D eigenvalue weighted by atomic mass is 9.87. The van der Waals surface area contributed by atoms with Gasteiger partial charge in [-0.1, -0.05) is 32.9 Å². The second-order valence-corrected chi connectivity index (χ2v) is 8.85. The smallest absolute Gasteiger partial charge is 0.256 e. The zero-order valence-electron chi connectivity index (χ0n) is 18.1. The van der Waals surface area contributed by atoms with Gasteiger partial charge in [0.05, 0.1) is 18.8 Å². The Kier molecular flexibility index (Phi) is 5.47. The molecule has 4 rings (SSSR count). The highest BCUT2D eigenvalue weighted by Gasteiger charge is 2.26. The standard InChI is InChI=1S/C23H29N5O2/c1-23(2,3)17-9-7-16(8-10-17)22(29)25-19-14-28-20(24-19)11-12-21(26-28)27-13-5-6-18(27)15-30-4/h7-12,14,18H,5-6,13,15H2,1-4H3,(H,25,29)/t18-/m0/s1. The Bertz CT molecular complexity index is 1040. The molecule has 1 atom stereocenters. The minimum Gasteiger partial charge on any atom is -0.383 e. The van der Waals surface area contributed by atoms with Crippen molar-refractivity contribution in [1.82, 2.24) is 14.6 Å². The third-order valence-electron chi connectivity index (χ3n) is 5.59. The van der Waals surface area contributed by atoms with Crippen LogP contribution in [-0.2, 0) is 10.2 Å². The van der Waals surface area contributed by atoms with Crippen molar-refractivity contribution >= 4 is 23.2 Å². The van der Waals surface area contributed by atoms with E-state index in [0.717, 1.165) is 25.2 Å². The average Bonchev–Trinajstić information content (AvgIpc) is 3.33. The molecule has 30 heavy (non-hydrogen) atoms. The summed E-state index contributed by atoms with van der Waals surface area (Å²) in [5, 5.41) is 7.58. The summed E-state index contributed by atoms with van der Waals surface area (Å²) in [4.78, 5) is 19.4. The molecule has 1 aliphatic heterocycles. The fraction of sp³-hybridized carbons (Fsp3) is 0.435. The number of anilines is 2. The molecule has 1 N–H and O–H groups in total. The van der Waals surface area contributed by atoms with Crippen LogP contribution in [0.2, 0.25) is 0 Å². The van der Waals surface area contributed by atoms with Gasteiger partial charge in [-0.25, -0.2) is 9.50 Å². The molecule has 0 radical (unpaired) electrons. The van der Waals surface area contributed by atoms with E-state index in [1.165, 1.54) is 5.56 Å². The van der Waals surface area contributed by atoms with E-state index in [4.69, 9.17) is 9.84 Å². The van der Waals surface area contributed by atoms with Gasteiger partial charge in [-0.05, 0) is 48.1 Å². The van der Waals surface area contributed by atoms with E-state index in [2.05, 4.69) is 36.0 Å². The third-order valence-corrected chi connectivity index (χ3v) is 5.59. The number of rotatable bonds is 5. The quantitative estimate of drug-likeness (QED) is 0.695. The zero-order chi connectivity index (χ0) is 21.3. The first kappa shape index (κ1) is 20.3. The van der Waals surface area contributed by atoms with Crippen LogP contribution in [0.15, 0.2) is 42.6 Å². The summed E-state index contributed by atoms with van der Waals surface area (Å²) in [6, 6.07) is 12.0. The molecule has 7 nitrogen and oxygen atoms in total. The van der Waals surface area contributed by atoms with Crippen LogP contribution in [0.4, 0.5) is 11.6 Å². The van der Waals surface area contributed by atoms with Crippen molar-refractivity contribution in [1.29, 1.82) is 0 Å². The molecule has 1 aliphatic rings. The fourth-order valence-corrected chi connectivity index (χ4v) is 3.90. The molecule has 3 heterocycles. The van der Waals surface area contributed by atoms with Crippen LogP contribution in [-0.4, -0.2) is 46.8 Å². The van der Waals surface area contributed by atoms with Crippen molar-refractivity contribution in [3.63, 3.8) is 0 Å². The number of fused-ring (bicyclic) bond motifs is 1. The number of amides is 1. The van der Waals surface area contributed by atoms with E-state index in [9.17, 15) is 4.79 Å². The Morgan fingerprint density at radius 3 is 2.67 bits per heavy atom. The Morgan fingerprint density at radius 1 is 1.20 bits per heavy atom. The molecule has 7 heteroatoms. The molecule has 158 valence electrons. The highest BCUT2D eigenvalue weighted by Crippen LogP contribution is 2.25. The topological polar surface area (TPSA) is 71.8 Å². The maximum absolute atomic E-state index is 12.6. The normalized spacial score (nSPS) is 16.9. The number of carbonyl (C=O) groups excluding carboxylic acids is 1. The molecule has 0 saturated carbocycles. The van der Waals surface area contributed by atoms with E-state index in [-0.39, 0.29) is 11.3 Å². The highest BCUT2D eigenvalue weighted by atomic mass is 16.5. The molecule has 1 saturated heterocycles. The minimum atomic E-state index is -0.182. The van der Waals surface area contributed by atoms with Gasteiger partial charge in [-0.2, -0.15) is 0 Å². The number of ether oxygens (including phenoxy) is 1. The number of hydrogen-bond acceptors (Lipinski definition) is 5. The van der Waals surface area contributed by atoms with Gasteiger partial charge >= 0.3 is 0 Å². The molecule has 1 aromatic carbocycles. The van der Waals surface area contributed by atoms with Gasteiger partial charge in [0.2, 0.25) is 0 Å². The first-order valence-electron chi connectivity index (χ1n) is 10.4. The van der Waals surface area contributed by atoms with Gasteiger partial charge in [0.15, 0.2) is 11.5 Å². The Labute approximate surface area is 177 Å². The highest BCUT2D eigenvalue weighted by molar-refractivity contribution is 6.03. The van der Waals surface area contributed by atoms with Crippen molar-refractivity contribution in [2.75, 3.05) is 30.5 Å². The lowest BCUT2D eigenvalue weighted by Gasteiger charge is -2.24. The van der Waals surface area contributed by atoms with Crippen molar-refractivity contribution in [2.24, 2.45) is 0 Å². The second kappa shape index (κ2) is 8.07. The number of benzene rings is 1. The third kappa shape index (κ3) is 4.16. The molecule has 0 aliphatic carbocycles.